The molecule has 0 aliphatic heterocycles. The standard InChI is InChI=1S/C22H16N4O4S/c1-26-16-8-7-13(11-18(16)30-22(26)28)25-20(27)19-15(12-31-21-23-9-4-10-24-21)14-5-2-3-6-17(14)29-19/h2-11H,12H2,1H3,(H,25,27). The van der Waals surface area contributed by atoms with Crippen molar-refractivity contribution in [3.8, 4) is 0 Å². The Bertz CT molecular complexity index is 1470. The van der Waals surface area contributed by atoms with E-state index in [9.17, 15) is 9.59 Å². The number of furan rings is 1. The van der Waals surface area contributed by atoms with Crippen molar-refractivity contribution in [3.63, 3.8) is 0 Å². The van der Waals surface area contributed by atoms with Gasteiger partial charge in [0.05, 0.1) is 5.52 Å². The second-order valence-electron chi connectivity index (χ2n) is 6.79. The summed E-state index contributed by atoms with van der Waals surface area (Å²) in [6.45, 7) is 0. The number of anilines is 1. The van der Waals surface area contributed by atoms with Gasteiger partial charge in [0, 0.05) is 47.9 Å². The van der Waals surface area contributed by atoms with Crippen molar-refractivity contribution in [1.82, 2.24) is 14.5 Å². The van der Waals surface area contributed by atoms with E-state index in [0.717, 1.165) is 10.9 Å². The number of benzene rings is 2. The Balaban J connectivity index is 1.47. The molecule has 3 heterocycles. The number of rotatable bonds is 5. The van der Waals surface area contributed by atoms with E-state index in [4.69, 9.17) is 8.83 Å². The van der Waals surface area contributed by atoms with E-state index in [1.54, 1.807) is 43.7 Å². The summed E-state index contributed by atoms with van der Waals surface area (Å²) in [6.07, 6.45) is 3.35. The fraction of sp³-hybridized carbons (Fsp3) is 0.0909. The third-order valence-corrected chi connectivity index (χ3v) is 5.74. The molecule has 8 nitrogen and oxygen atoms in total. The quantitative estimate of drug-likeness (QED) is 0.328. The van der Waals surface area contributed by atoms with Crippen LogP contribution < -0.4 is 11.1 Å². The van der Waals surface area contributed by atoms with Crippen molar-refractivity contribution in [1.29, 1.82) is 0 Å². The minimum atomic E-state index is -0.460. The molecule has 5 rings (SSSR count). The molecule has 0 aliphatic rings. The number of thioether (sulfide) groups is 1. The molecule has 9 heteroatoms. The lowest BCUT2D eigenvalue weighted by Crippen LogP contribution is -2.12. The van der Waals surface area contributed by atoms with E-state index in [2.05, 4.69) is 15.3 Å². The lowest BCUT2D eigenvalue weighted by Gasteiger charge is -2.05. The van der Waals surface area contributed by atoms with Crippen LogP contribution in [0.3, 0.4) is 0 Å². The maximum absolute atomic E-state index is 13.1. The van der Waals surface area contributed by atoms with Crippen molar-refractivity contribution in [2.45, 2.75) is 10.9 Å². The van der Waals surface area contributed by atoms with Gasteiger partial charge in [-0.25, -0.2) is 14.8 Å². The Kier molecular flexibility index (Phi) is 4.79. The number of aromatic nitrogens is 3. The van der Waals surface area contributed by atoms with Gasteiger partial charge in [0.15, 0.2) is 16.5 Å². The largest absolute Gasteiger partial charge is 0.451 e. The first-order chi connectivity index (χ1) is 15.1. The summed E-state index contributed by atoms with van der Waals surface area (Å²) in [4.78, 5) is 33.2. The van der Waals surface area contributed by atoms with Gasteiger partial charge in [0.25, 0.3) is 5.91 Å². The van der Waals surface area contributed by atoms with Crippen LogP contribution in [0, 0.1) is 0 Å². The van der Waals surface area contributed by atoms with Crippen LogP contribution in [0.2, 0.25) is 0 Å². The number of nitrogens with zero attached hydrogens (tertiary/aromatic N) is 3. The van der Waals surface area contributed by atoms with Crippen molar-refractivity contribution < 1.29 is 13.6 Å². The highest BCUT2D eigenvalue weighted by molar-refractivity contribution is 7.98. The summed E-state index contributed by atoms with van der Waals surface area (Å²) in [5.41, 5.74) is 2.93. The van der Waals surface area contributed by atoms with E-state index in [1.165, 1.54) is 16.3 Å². The second kappa shape index (κ2) is 7.77. The van der Waals surface area contributed by atoms with Gasteiger partial charge >= 0.3 is 5.76 Å². The lowest BCUT2D eigenvalue weighted by atomic mass is 10.1. The van der Waals surface area contributed by atoms with Gasteiger partial charge in [0.2, 0.25) is 0 Å². The Morgan fingerprint density at radius 2 is 1.87 bits per heavy atom. The van der Waals surface area contributed by atoms with Crippen molar-refractivity contribution in [2.75, 3.05) is 5.32 Å². The van der Waals surface area contributed by atoms with Crippen LogP contribution in [0.4, 0.5) is 5.69 Å². The smallest absolute Gasteiger partial charge is 0.419 e. The number of carbonyl (C=O) groups is 1. The lowest BCUT2D eigenvalue weighted by molar-refractivity contribution is 0.0998. The van der Waals surface area contributed by atoms with Gasteiger partial charge < -0.3 is 14.2 Å². The van der Waals surface area contributed by atoms with Crippen LogP contribution in [-0.2, 0) is 12.8 Å². The zero-order valence-electron chi connectivity index (χ0n) is 16.4. The third kappa shape index (κ3) is 3.59. The molecule has 0 fully saturated rings. The molecule has 5 aromatic rings. The molecule has 0 bridgehead atoms. The fourth-order valence-corrected chi connectivity index (χ4v) is 4.15. The number of nitrogens with one attached hydrogen (secondary N) is 1. The fourth-order valence-electron chi connectivity index (χ4n) is 3.32. The third-order valence-electron chi connectivity index (χ3n) is 4.84. The van der Waals surface area contributed by atoms with Crippen molar-refractivity contribution >= 4 is 45.4 Å². The molecule has 154 valence electrons. The second-order valence-corrected chi connectivity index (χ2v) is 7.73. The van der Waals surface area contributed by atoms with Gasteiger partial charge in [0.1, 0.15) is 5.58 Å². The molecule has 2 aromatic carbocycles. The number of para-hydroxylation sites is 1. The number of fused-ring (bicyclic) bond motifs is 2. The zero-order valence-corrected chi connectivity index (χ0v) is 17.2. The van der Waals surface area contributed by atoms with Crippen LogP contribution in [0.25, 0.3) is 22.1 Å². The summed E-state index contributed by atoms with van der Waals surface area (Å²) < 4.78 is 12.5. The van der Waals surface area contributed by atoms with E-state index in [1.807, 2.05) is 24.3 Å². The number of hydrogen-bond donors (Lipinski definition) is 1. The average Bonchev–Trinajstić information content (AvgIpc) is 3.30. The van der Waals surface area contributed by atoms with Crippen LogP contribution in [0.5, 0.6) is 0 Å². The molecule has 0 saturated heterocycles. The molecule has 1 amide bonds. The number of oxazole rings is 1. The van der Waals surface area contributed by atoms with Crippen LogP contribution >= 0.6 is 11.8 Å². The molecule has 0 aliphatic carbocycles. The number of aryl methyl sites for hydroxylation is 1. The minimum Gasteiger partial charge on any atom is -0.451 e. The SMILES string of the molecule is Cn1c(=O)oc2cc(NC(=O)c3oc4ccccc4c3CSc3ncccn3)ccc21. The van der Waals surface area contributed by atoms with Gasteiger partial charge in [-0.15, -0.1) is 0 Å². The van der Waals surface area contributed by atoms with Gasteiger partial charge in [-0.05, 0) is 24.3 Å². The molecule has 0 atom stereocenters. The normalized spacial score (nSPS) is 11.3. The van der Waals surface area contributed by atoms with E-state index >= 15 is 0 Å². The molecular formula is C22H16N4O4S. The van der Waals surface area contributed by atoms with Crippen LogP contribution in [-0.4, -0.2) is 20.4 Å². The summed E-state index contributed by atoms with van der Waals surface area (Å²) in [7, 11) is 1.63. The predicted octanol–water partition coefficient (Wildman–Crippen LogP) is 4.21. The first kappa shape index (κ1) is 19.1. The molecule has 0 spiro atoms. The van der Waals surface area contributed by atoms with Gasteiger partial charge in [-0.2, -0.15) is 0 Å². The predicted molar refractivity (Wildman–Crippen MR) is 117 cm³/mol. The Hall–Kier alpha value is -3.85. The first-order valence-electron chi connectivity index (χ1n) is 9.41. The van der Waals surface area contributed by atoms with Crippen molar-refractivity contribution in [3.05, 3.63) is 82.8 Å². The highest BCUT2D eigenvalue weighted by atomic mass is 32.2. The topological polar surface area (TPSA) is 103 Å². The maximum atomic E-state index is 13.1. The monoisotopic (exact) mass is 432 g/mol. The van der Waals surface area contributed by atoms with Crippen molar-refractivity contribution in [2.24, 2.45) is 7.05 Å². The summed E-state index contributed by atoms with van der Waals surface area (Å²) in [5.74, 6) is -0.160. The van der Waals surface area contributed by atoms with Gasteiger partial charge in [-0.1, -0.05) is 30.0 Å². The molecule has 0 unspecified atom stereocenters. The molecular weight excluding hydrogens is 416 g/mol. The van der Waals surface area contributed by atoms with E-state index in [-0.39, 0.29) is 5.76 Å². The summed E-state index contributed by atoms with van der Waals surface area (Å²) in [5, 5.41) is 4.31. The number of amides is 1. The molecule has 3 aromatic heterocycles. The van der Waals surface area contributed by atoms with Crippen LogP contribution in [0.15, 0.2) is 79.7 Å². The Morgan fingerprint density at radius 1 is 1.06 bits per heavy atom. The molecule has 31 heavy (non-hydrogen) atoms. The highest BCUT2D eigenvalue weighted by Gasteiger charge is 2.21. The van der Waals surface area contributed by atoms with Crippen LogP contribution in [0.1, 0.15) is 16.1 Å². The first-order valence-corrected chi connectivity index (χ1v) is 10.4. The minimum absolute atomic E-state index is 0.222. The van der Waals surface area contributed by atoms with Gasteiger partial charge in [-0.3, -0.25) is 9.36 Å². The molecule has 1 N–H and O–H groups in total. The molecule has 0 saturated carbocycles. The van der Waals surface area contributed by atoms with E-state index in [0.29, 0.717) is 33.3 Å². The maximum Gasteiger partial charge on any atom is 0.419 e. The Labute approximate surface area is 179 Å². The average molecular weight is 432 g/mol. The summed E-state index contributed by atoms with van der Waals surface area (Å²) in [6, 6.07) is 14.3. The molecule has 0 radical (unpaired) electrons. The zero-order chi connectivity index (χ0) is 21.4. The van der Waals surface area contributed by atoms with E-state index < -0.39 is 11.7 Å². The number of hydrogen-bond acceptors (Lipinski definition) is 7. The highest BCUT2D eigenvalue weighted by Crippen LogP contribution is 2.31. The Morgan fingerprint density at radius 3 is 2.71 bits per heavy atom. The summed E-state index contributed by atoms with van der Waals surface area (Å²) >= 11 is 1.42. The number of carbonyl (C=O) groups excluding carboxylic acids is 1.